The van der Waals surface area contributed by atoms with Crippen LogP contribution in [0.5, 0.6) is 0 Å². The maximum absolute atomic E-state index is 3.80. The summed E-state index contributed by atoms with van der Waals surface area (Å²) in [6.45, 7) is 15.2. The second kappa shape index (κ2) is 6.42. The van der Waals surface area contributed by atoms with Crippen molar-refractivity contribution < 1.29 is 0 Å². The van der Waals surface area contributed by atoms with E-state index in [0.717, 1.165) is 12.5 Å². The van der Waals surface area contributed by atoms with Gasteiger partial charge in [-0.1, -0.05) is 54.4 Å². The highest BCUT2D eigenvalue weighted by Crippen LogP contribution is 2.48. The van der Waals surface area contributed by atoms with Crippen molar-refractivity contribution >= 4 is 11.3 Å². The number of hydrogen-bond acceptors (Lipinski definition) is 2. The minimum Gasteiger partial charge on any atom is -0.309 e. The molecule has 0 aromatic carbocycles. The van der Waals surface area contributed by atoms with Gasteiger partial charge in [-0.05, 0) is 48.3 Å². The van der Waals surface area contributed by atoms with Gasteiger partial charge < -0.3 is 5.32 Å². The summed E-state index contributed by atoms with van der Waals surface area (Å²) in [6.07, 6.45) is 5.54. The quantitative estimate of drug-likeness (QED) is 0.729. The Balaban J connectivity index is 2.28. The zero-order chi connectivity index (χ0) is 15.7. The Labute approximate surface area is 135 Å². The zero-order valence-electron chi connectivity index (χ0n) is 14.8. The maximum Gasteiger partial charge on any atom is 0.0448 e. The third-order valence-electron chi connectivity index (χ3n) is 5.09. The van der Waals surface area contributed by atoms with Crippen LogP contribution >= 0.6 is 11.3 Å². The molecule has 0 bridgehead atoms. The van der Waals surface area contributed by atoms with E-state index in [-0.39, 0.29) is 5.41 Å². The van der Waals surface area contributed by atoms with Gasteiger partial charge in [-0.3, -0.25) is 0 Å². The van der Waals surface area contributed by atoms with Gasteiger partial charge in [-0.15, -0.1) is 11.3 Å². The summed E-state index contributed by atoms with van der Waals surface area (Å²) in [5.74, 6) is 0.762. The fraction of sp³-hybridized carbons (Fsp3) is 0.789. The minimum absolute atomic E-state index is 0.266. The predicted octanol–water partition coefficient (Wildman–Crippen LogP) is 5.91. The van der Waals surface area contributed by atoms with Crippen LogP contribution in [0.3, 0.4) is 0 Å². The molecule has 2 unspecified atom stereocenters. The topological polar surface area (TPSA) is 12.0 Å². The molecule has 1 aliphatic carbocycles. The van der Waals surface area contributed by atoms with Crippen LogP contribution in [-0.4, -0.2) is 6.54 Å². The molecule has 1 saturated carbocycles. The van der Waals surface area contributed by atoms with Crippen LogP contribution in [0, 0.1) is 11.3 Å². The second-order valence-corrected chi connectivity index (χ2v) is 9.44. The molecule has 2 rings (SSSR count). The molecule has 0 spiro atoms. The van der Waals surface area contributed by atoms with Gasteiger partial charge in [0.2, 0.25) is 0 Å². The molecular formula is C19H33NS. The lowest BCUT2D eigenvalue weighted by Crippen LogP contribution is -2.38. The van der Waals surface area contributed by atoms with Crippen LogP contribution in [0.2, 0.25) is 0 Å². The molecule has 0 radical (unpaired) electrons. The van der Waals surface area contributed by atoms with Gasteiger partial charge in [0, 0.05) is 15.8 Å². The third kappa shape index (κ3) is 3.90. The zero-order valence-corrected chi connectivity index (χ0v) is 15.6. The smallest absolute Gasteiger partial charge is 0.0448 e. The molecule has 1 aromatic heterocycles. The first-order valence-electron chi connectivity index (χ1n) is 8.59. The molecule has 1 heterocycles. The largest absolute Gasteiger partial charge is 0.309 e. The Morgan fingerprint density at radius 2 is 2.00 bits per heavy atom. The summed E-state index contributed by atoms with van der Waals surface area (Å²) in [6, 6.07) is 5.26. The van der Waals surface area contributed by atoms with Gasteiger partial charge in [0.25, 0.3) is 0 Å². The van der Waals surface area contributed by atoms with Crippen molar-refractivity contribution in [2.45, 2.75) is 78.7 Å². The Hall–Kier alpha value is -0.340. The van der Waals surface area contributed by atoms with E-state index < -0.39 is 0 Å². The number of nitrogens with one attached hydrogen (secondary N) is 1. The van der Waals surface area contributed by atoms with Gasteiger partial charge >= 0.3 is 0 Å². The van der Waals surface area contributed by atoms with Crippen LogP contribution in [0.25, 0.3) is 0 Å². The van der Waals surface area contributed by atoms with E-state index in [1.165, 1.54) is 30.6 Å². The maximum atomic E-state index is 3.80. The summed E-state index contributed by atoms with van der Waals surface area (Å²) in [4.78, 5) is 3.05. The first kappa shape index (κ1) is 17.0. The minimum atomic E-state index is 0.266. The molecule has 1 nitrogen and oxygen atoms in total. The molecule has 2 atom stereocenters. The van der Waals surface area contributed by atoms with Crippen molar-refractivity contribution in [3.05, 3.63) is 21.9 Å². The Morgan fingerprint density at radius 3 is 2.52 bits per heavy atom. The third-order valence-corrected chi connectivity index (χ3v) is 6.68. The highest BCUT2D eigenvalue weighted by Gasteiger charge is 2.38. The Kier molecular flexibility index (Phi) is 5.20. The molecule has 0 aliphatic heterocycles. The number of hydrogen-bond donors (Lipinski definition) is 1. The fourth-order valence-corrected chi connectivity index (χ4v) is 4.93. The molecule has 21 heavy (non-hydrogen) atoms. The summed E-state index contributed by atoms with van der Waals surface area (Å²) < 4.78 is 0. The SMILES string of the molecule is CCNC(c1ccc(C(C)(C)C)s1)C1CCCCC1(C)C. The van der Waals surface area contributed by atoms with Gasteiger partial charge in [0.05, 0.1) is 0 Å². The van der Waals surface area contributed by atoms with Crippen LogP contribution in [0.4, 0.5) is 0 Å². The standard InChI is InChI=1S/C19H33NS/c1-7-20-17(14-10-8-9-13-19(14,5)6)15-11-12-16(21-15)18(2,3)4/h11-12,14,17,20H,7-10,13H2,1-6H3. The van der Waals surface area contributed by atoms with Crippen molar-refractivity contribution in [3.63, 3.8) is 0 Å². The second-order valence-electron chi connectivity index (χ2n) is 8.33. The van der Waals surface area contributed by atoms with Crippen LogP contribution in [-0.2, 0) is 5.41 Å². The average molecular weight is 308 g/mol. The van der Waals surface area contributed by atoms with Crippen molar-refractivity contribution in [2.75, 3.05) is 6.54 Å². The number of thiophene rings is 1. The summed E-state index contributed by atoms with van der Waals surface area (Å²) in [7, 11) is 0. The number of rotatable bonds is 4. The van der Waals surface area contributed by atoms with E-state index in [0.29, 0.717) is 11.5 Å². The first-order chi connectivity index (χ1) is 9.75. The lowest BCUT2D eigenvalue weighted by molar-refractivity contribution is 0.100. The first-order valence-corrected chi connectivity index (χ1v) is 9.41. The van der Waals surface area contributed by atoms with Crippen molar-refractivity contribution in [1.82, 2.24) is 5.32 Å². The molecule has 120 valence electrons. The molecule has 1 N–H and O–H groups in total. The lowest BCUT2D eigenvalue weighted by atomic mass is 9.65. The average Bonchev–Trinajstić information content (AvgIpc) is 2.85. The van der Waals surface area contributed by atoms with Crippen LogP contribution < -0.4 is 5.32 Å². The normalized spacial score (nSPS) is 24.0. The molecule has 1 aliphatic rings. The molecule has 1 fully saturated rings. The molecule has 0 amide bonds. The van der Waals surface area contributed by atoms with Crippen molar-refractivity contribution in [1.29, 1.82) is 0 Å². The summed E-state index contributed by atoms with van der Waals surface area (Å²) in [5.41, 5.74) is 0.721. The van der Waals surface area contributed by atoms with Crippen molar-refractivity contribution in [2.24, 2.45) is 11.3 Å². The van der Waals surface area contributed by atoms with E-state index >= 15 is 0 Å². The molecule has 1 aromatic rings. The Bertz CT molecular complexity index is 452. The van der Waals surface area contributed by atoms with E-state index in [4.69, 9.17) is 0 Å². The highest BCUT2D eigenvalue weighted by atomic mass is 32.1. The van der Waals surface area contributed by atoms with Crippen molar-refractivity contribution in [3.8, 4) is 0 Å². The van der Waals surface area contributed by atoms with Gasteiger partial charge in [0.15, 0.2) is 0 Å². The van der Waals surface area contributed by atoms with E-state index in [1.54, 1.807) is 4.88 Å². The summed E-state index contributed by atoms with van der Waals surface area (Å²) >= 11 is 2.02. The van der Waals surface area contributed by atoms with Crippen LogP contribution in [0.1, 0.15) is 83.0 Å². The van der Waals surface area contributed by atoms with Crippen LogP contribution in [0.15, 0.2) is 12.1 Å². The van der Waals surface area contributed by atoms with E-state index in [2.05, 4.69) is 59.0 Å². The summed E-state index contributed by atoms with van der Waals surface area (Å²) in [5, 5.41) is 3.80. The molecule has 2 heteroatoms. The Morgan fingerprint density at radius 1 is 1.29 bits per heavy atom. The highest BCUT2D eigenvalue weighted by molar-refractivity contribution is 7.12. The van der Waals surface area contributed by atoms with Gasteiger partial charge in [0.1, 0.15) is 0 Å². The van der Waals surface area contributed by atoms with Gasteiger partial charge in [-0.2, -0.15) is 0 Å². The van der Waals surface area contributed by atoms with Gasteiger partial charge in [-0.25, -0.2) is 0 Å². The van der Waals surface area contributed by atoms with E-state index in [9.17, 15) is 0 Å². The predicted molar refractivity (Wildman–Crippen MR) is 95.2 cm³/mol. The molecule has 0 saturated heterocycles. The van der Waals surface area contributed by atoms with E-state index in [1.807, 2.05) is 11.3 Å². The monoisotopic (exact) mass is 307 g/mol. The fourth-order valence-electron chi connectivity index (χ4n) is 3.72. The lowest BCUT2D eigenvalue weighted by Gasteiger charge is -2.43. The molecular weight excluding hydrogens is 274 g/mol.